The van der Waals surface area contributed by atoms with E-state index in [0.717, 1.165) is 18.7 Å². The molecule has 0 radical (unpaired) electrons. The summed E-state index contributed by atoms with van der Waals surface area (Å²) in [6, 6.07) is 17.3. The molecule has 25 heavy (non-hydrogen) atoms. The molecule has 2 aromatic carbocycles. The lowest BCUT2D eigenvalue weighted by Gasteiger charge is -2.11. The highest BCUT2D eigenvalue weighted by molar-refractivity contribution is 7.99. The highest BCUT2D eigenvalue weighted by atomic mass is 32.2. The van der Waals surface area contributed by atoms with Crippen LogP contribution in [0.4, 0.5) is 0 Å². The molecule has 2 heterocycles. The Kier molecular flexibility index (Phi) is 4.53. The van der Waals surface area contributed by atoms with Crippen molar-refractivity contribution < 1.29 is 9.30 Å². The van der Waals surface area contributed by atoms with Crippen LogP contribution in [0, 0.1) is 0 Å². The summed E-state index contributed by atoms with van der Waals surface area (Å²) in [5.74, 6) is 2.07. The maximum atomic E-state index is 5.30. The number of imidazole rings is 1. The molecule has 0 aliphatic carbocycles. The van der Waals surface area contributed by atoms with Crippen molar-refractivity contribution in [3.05, 3.63) is 60.3 Å². The van der Waals surface area contributed by atoms with Crippen molar-refractivity contribution in [2.75, 3.05) is 12.9 Å². The molecule has 0 spiro atoms. The number of rotatable bonds is 4. The number of thioether (sulfide) groups is 1. The molecule has 0 saturated heterocycles. The summed E-state index contributed by atoms with van der Waals surface area (Å²) < 4.78 is 10.1. The minimum atomic E-state index is 0.895. The van der Waals surface area contributed by atoms with E-state index in [1.165, 1.54) is 39.8 Å². The Morgan fingerprint density at radius 1 is 1.08 bits per heavy atom. The van der Waals surface area contributed by atoms with Crippen LogP contribution < -0.4 is 9.30 Å². The van der Waals surface area contributed by atoms with Gasteiger partial charge in [-0.2, -0.15) is 4.57 Å². The van der Waals surface area contributed by atoms with Crippen LogP contribution >= 0.6 is 11.8 Å². The molecule has 4 rings (SSSR count). The van der Waals surface area contributed by atoms with E-state index < -0.39 is 0 Å². The standard InChI is InChI=1S/C21H23N2OS/c1-3-16-5-9-18(10-6-16)23-15-20(22-13-4-14-25-21(22)23)17-7-11-19(24-2)12-8-17/h5-12,15H,3-4,13-14H2,1-2H3/q+1. The predicted octanol–water partition coefficient (Wildman–Crippen LogP) is 4.50. The summed E-state index contributed by atoms with van der Waals surface area (Å²) >= 11 is 1.94. The number of hydrogen-bond acceptors (Lipinski definition) is 2. The number of ether oxygens (including phenoxy) is 1. The fourth-order valence-electron chi connectivity index (χ4n) is 3.30. The first-order valence-electron chi connectivity index (χ1n) is 8.82. The molecule has 1 aliphatic heterocycles. The number of hydrogen-bond donors (Lipinski definition) is 0. The van der Waals surface area contributed by atoms with Crippen LogP contribution in [-0.4, -0.2) is 17.4 Å². The van der Waals surface area contributed by atoms with Gasteiger partial charge in [0.15, 0.2) is 5.69 Å². The van der Waals surface area contributed by atoms with Crippen LogP contribution in [0.15, 0.2) is 59.9 Å². The average molecular weight is 351 g/mol. The molecule has 0 unspecified atom stereocenters. The van der Waals surface area contributed by atoms with E-state index in [1.807, 2.05) is 23.9 Å². The summed E-state index contributed by atoms with van der Waals surface area (Å²) in [5, 5.41) is 1.32. The lowest BCUT2D eigenvalue weighted by atomic mass is 10.1. The molecule has 0 amide bonds. The predicted molar refractivity (Wildman–Crippen MR) is 103 cm³/mol. The lowest BCUT2D eigenvalue weighted by molar-refractivity contribution is -0.724. The quantitative estimate of drug-likeness (QED) is 0.644. The summed E-state index contributed by atoms with van der Waals surface area (Å²) in [7, 11) is 1.71. The van der Waals surface area contributed by atoms with Crippen LogP contribution in [-0.2, 0) is 13.0 Å². The molecule has 0 atom stereocenters. The van der Waals surface area contributed by atoms with Gasteiger partial charge in [0, 0.05) is 11.3 Å². The Balaban J connectivity index is 1.81. The lowest BCUT2D eigenvalue weighted by Crippen LogP contribution is -2.40. The number of nitrogens with zero attached hydrogens (tertiary/aromatic N) is 2. The van der Waals surface area contributed by atoms with E-state index in [9.17, 15) is 0 Å². The van der Waals surface area contributed by atoms with Crippen molar-refractivity contribution in [1.82, 2.24) is 4.57 Å². The SMILES string of the molecule is CCc1ccc(-n2cc(-c3ccc(OC)cc3)[n+]3c2SCCC3)cc1. The molecule has 1 aromatic heterocycles. The van der Waals surface area contributed by atoms with Crippen molar-refractivity contribution in [2.45, 2.75) is 31.5 Å². The van der Waals surface area contributed by atoms with Gasteiger partial charge in [-0.3, -0.25) is 0 Å². The van der Waals surface area contributed by atoms with Crippen molar-refractivity contribution in [3.63, 3.8) is 0 Å². The fourth-order valence-corrected chi connectivity index (χ4v) is 4.40. The Bertz CT molecular complexity index is 794. The van der Waals surface area contributed by atoms with Gasteiger partial charge in [0.05, 0.1) is 13.7 Å². The van der Waals surface area contributed by atoms with Crippen LogP contribution in [0.5, 0.6) is 5.75 Å². The number of aromatic nitrogens is 2. The molecule has 0 N–H and O–H groups in total. The molecule has 0 bridgehead atoms. The highest BCUT2D eigenvalue weighted by Crippen LogP contribution is 2.29. The Labute approximate surface area is 153 Å². The van der Waals surface area contributed by atoms with Crippen molar-refractivity contribution in [2.24, 2.45) is 0 Å². The van der Waals surface area contributed by atoms with Gasteiger partial charge in [0.1, 0.15) is 17.6 Å². The van der Waals surface area contributed by atoms with Crippen molar-refractivity contribution in [3.8, 4) is 22.7 Å². The third-order valence-corrected chi connectivity index (χ3v) is 5.91. The van der Waals surface area contributed by atoms with Crippen LogP contribution in [0.2, 0.25) is 0 Å². The molecule has 1 aliphatic rings. The minimum Gasteiger partial charge on any atom is -0.497 e. The first-order chi connectivity index (χ1) is 12.3. The molecular weight excluding hydrogens is 328 g/mol. The Morgan fingerprint density at radius 2 is 1.84 bits per heavy atom. The number of benzene rings is 2. The molecular formula is C21H23N2OS+. The van der Waals surface area contributed by atoms with Gasteiger partial charge in [-0.15, -0.1) is 0 Å². The van der Waals surface area contributed by atoms with Gasteiger partial charge in [0.2, 0.25) is 0 Å². The van der Waals surface area contributed by atoms with Crippen LogP contribution in [0.1, 0.15) is 18.9 Å². The maximum absolute atomic E-state index is 5.30. The van der Waals surface area contributed by atoms with E-state index >= 15 is 0 Å². The van der Waals surface area contributed by atoms with E-state index in [1.54, 1.807) is 7.11 Å². The van der Waals surface area contributed by atoms with Crippen molar-refractivity contribution >= 4 is 11.8 Å². The van der Waals surface area contributed by atoms with Crippen LogP contribution in [0.25, 0.3) is 16.9 Å². The molecule has 128 valence electrons. The maximum Gasteiger partial charge on any atom is 0.323 e. The second-order valence-corrected chi connectivity index (χ2v) is 7.33. The van der Waals surface area contributed by atoms with Gasteiger partial charge in [0.25, 0.3) is 0 Å². The largest absolute Gasteiger partial charge is 0.497 e. The Morgan fingerprint density at radius 3 is 2.52 bits per heavy atom. The topological polar surface area (TPSA) is 18.0 Å². The molecule has 0 fully saturated rings. The van der Waals surface area contributed by atoms with E-state index in [0.29, 0.717) is 0 Å². The van der Waals surface area contributed by atoms with Gasteiger partial charge in [-0.25, -0.2) is 4.57 Å². The van der Waals surface area contributed by atoms with Gasteiger partial charge in [-0.1, -0.05) is 19.1 Å². The van der Waals surface area contributed by atoms with Gasteiger partial charge < -0.3 is 4.74 Å². The van der Waals surface area contributed by atoms with E-state index in [2.05, 4.69) is 58.7 Å². The van der Waals surface area contributed by atoms with Crippen LogP contribution in [0.3, 0.4) is 0 Å². The zero-order valence-electron chi connectivity index (χ0n) is 14.7. The normalized spacial score (nSPS) is 13.5. The second kappa shape index (κ2) is 6.96. The number of fused-ring (bicyclic) bond motifs is 1. The summed E-state index contributed by atoms with van der Waals surface area (Å²) in [6.45, 7) is 3.27. The second-order valence-electron chi connectivity index (χ2n) is 6.27. The average Bonchev–Trinajstić information content (AvgIpc) is 3.08. The van der Waals surface area contributed by atoms with Gasteiger partial charge >= 0.3 is 5.16 Å². The zero-order chi connectivity index (χ0) is 17.2. The minimum absolute atomic E-state index is 0.895. The molecule has 0 saturated carbocycles. The Hall–Kier alpha value is -2.20. The molecule has 3 nitrogen and oxygen atoms in total. The summed E-state index contributed by atoms with van der Waals surface area (Å²) in [4.78, 5) is 0. The monoisotopic (exact) mass is 351 g/mol. The number of aryl methyl sites for hydroxylation is 1. The third kappa shape index (κ3) is 3.07. The third-order valence-electron chi connectivity index (χ3n) is 4.74. The van der Waals surface area contributed by atoms with E-state index in [4.69, 9.17) is 4.74 Å². The van der Waals surface area contributed by atoms with Crippen molar-refractivity contribution in [1.29, 1.82) is 0 Å². The fraction of sp³-hybridized carbons (Fsp3) is 0.286. The molecule has 3 aromatic rings. The van der Waals surface area contributed by atoms with Gasteiger partial charge in [-0.05, 0) is 66.6 Å². The smallest absolute Gasteiger partial charge is 0.323 e. The summed E-state index contributed by atoms with van der Waals surface area (Å²) in [5.41, 5.74) is 5.11. The first kappa shape index (κ1) is 16.3. The number of methoxy groups -OCH3 is 1. The first-order valence-corrected chi connectivity index (χ1v) is 9.80. The van der Waals surface area contributed by atoms with E-state index in [-0.39, 0.29) is 0 Å². The highest BCUT2D eigenvalue weighted by Gasteiger charge is 2.28. The molecule has 4 heteroatoms. The zero-order valence-corrected chi connectivity index (χ0v) is 15.6. The summed E-state index contributed by atoms with van der Waals surface area (Å²) in [6.07, 6.45) is 4.56.